The summed E-state index contributed by atoms with van der Waals surface area (Å²) in [6.07, 6.45) is 5.49. The number of rotatable bonds is 6. The van der Waals surface area contributed by atoms with Crippen molar-refractivity contribution in [3.8, 4) is 0 Å². The second-order valence-electron chi connectivity index (χ2n) is 4.23. The molecule has 0 aliphatic carbocycles. The number of amides is 1. The molecule has 20 heavy (non-hydrogen) atoms. The molecule has 6 nitrogen and oxygen atoms in total. The first-order valence-corrected chi connectivity index (χ1v) is 6.36. The van der Waals surface area contributed by atoms with Crippen molar-refractivity contribution in [3.63, 3.8) is 0 Å². The van der Waals surface area contributed by atoms with Crippen LogP contribution in [-0.4, -0.2) is 22.4 Å². The minimum Gasteiger partial charge on any atom is -0.380 e. The molecule has 0 unspecified atom stereocenters. The predicted molar refractivity (Wildman–Crippen MR) is 78.1 cm³/mol. The van der Waals surface area contributed by atoms with Crippen LogP contribution in [0.15, 0.2) is 42.9 Å². The van der Waals surface area contributed by atoms with E-state index in [9.17, 15) is 4.79 Å². The highest BCUT2D eigenvalue weighted by molar-refractivity contribution is 5.89. The third kappa shape index (κ3) is 4.33. The number of anilines is 2. The fourth-order valence-electron chi connectivity index (χ4n) is 1.61. The first-order chi connectivity index (χ1) is 9.78. The average Bonchev–Trinajstić information content (AvgIpc) is 2.48. The Morgan fingerprint density at radius 2 is 2.00 bits per heavy atom. The Hall–Kier alpha value is -2.47. The van der Waals surface area contributed by atoms with Crippen LogP contribution in [0.5, 0.6) is 0 Å². The number of hydrogen-bond acceptors (Lipinski definition) is 5. The van der Waals surface area contributed by atoms with E-state index in [0.29, 0.717) is 25.3 Å². The topological polar surface area (TPSA) is 92.9 Å². The summed E-state index contributed by atoms with van der Waals surface area (Å²) in [5.74, 6) is 0.399. The third-order valence-corrected chi connectivity index (χ3v) is 2.65. The maximum atomic E-state index is 11.4. The number of pyridine rings is 2. The molecule has 6 heteroatoms. The van der Waals surface area contributed by atoms with Crippen molar-refractivity contribution < 1.29 is 4.79 Å². The Balaban J connectivity index is 1.87. The number of nitrogens with one attached hydrogen (secondary N) is 2. The molecule has 0 radical (unpaired) electrons. The van der Waals surface area contributed by atoms with Gasteiger partial charge in [-0.3, -0.25) is 9.78 Å². The number of carbonyl (C=O) groups is 1. The molecule has 2 aromatic heterocycles. The van der Waals surface area contributed by atoms with Crippen LogP contribution in [-0.2, 0) is 11.3 Å². The summed E-state index contributed by atoms with van der Waals surface area (Å²) in [5, 5.41) is 5.92. The first-order valence-electron chi connectivity index (χ1n) is 6.36. The molecule has 2 rings (SSSR count). The van der Waals surface area contributed by atoms with Crippen molar-refractivity contribution in [2.24, 2.45) is 5.73 Å². The van der Waals surface area contributed by atoms with E-state index in [2.05, 4.69) is 20.6 Å². The van der Waals surface area contributed by atoms with Gasteiger partial charge in [-0.1, -0.05) is 0 Å². The highest BCUT2D eigenvalue weighted by atomic mass is 16.1. The van der Waals surface area contributed by atoms with Crippen molar-refractivity contribution in [2.45, 2.75) is 13.0 Å². The standard InChI is InChI=1S/C14H17N5O/c15-6-3-14(20)19-13-2-1-12(10-18-13)17-9-11-4-7-16-8-5-11/h1-2,4-5,7-8,10,17H,3,6,9,15H2,(H,18,19,20). The summed E-state index contributed by atoms with van der Waals surface area (Å²) >= 11 is 0. The van der Waals surface area contributed by atoms with Gasteiger partial charge in [-0.15, -0.1) is 0 Å². The van der Waals surface area contributed by atoms with Gasteiger partial charge < -0.3 is 16.4 Å². The summed E-state index contributed by atoms with van der Waals surface area (Å²) in [6.45, 7) is 1.03. The summed E-state index contributed by atoms with van der Waals surface area (Å²) in [6, 6.07) is 7.51. The van der Waals surface area contributed by atoms with Crippen LogP contribution in [0.4, 0.5) is 11.5 Å². The lowest BCUT2D eigenvalue weighted by atomic mass is 10.2. The molecule has 0 spiro atoms. The van der Waals surface area contributed by atoms with Gasteiger partial charge in [0.1, 0.15) is 5.82 Å². The van der Waals surface area contributed by atoms with Gasteiger partial charge in [0, 0.05) is 31.9 Å². The number of nitrogens with zero attached hydrogens (tertiary/aromatic N) is 2. The largest absolute Gasteiger partial charge is 0.380 e. The monoisotopic (exact) mass is 271 g/mol. The Morgan fingerprint density at radius 1 is 1.20 bits per heavy atom. The molecule has 0 aromatic carbocycles. The van der Waals surface area contributed by atoms with E-state index in [-0.39, 0.29) is 5.91 Å². The fourth-order valence-corrected chi connectivity index (χ4v) is 1.61. The highest BCUT2D eigenvalue weighted by Crippen LogP contribution is 2.11. The zero-order valence-corrected chi connectivity index (χ0v) is 11.0. The van der Waals surface area contributed by atoms with Crippen molar-refractivity contribution in [1.82, 2.24) is 9.97 Å². The second-order valence-corrected chi connectivity index (χ2v) is 4.23. The van der Waals surface area contributed by atoms with E-state index in [0.717, 1.165) is 11.3 Å². The van der Waals surface area contributed by atoms with Gasteiger partial charge in [-0.2, -0.15) is 0 Å². The predicted octanol–water partition coefficient (Wildman–Crippen LogP) is 1.38. The minimum atomic E-state index is -0.127. The van der Waals surface area contributed by atoms with Crippen LogP contribution in [0.1, 0.15) is 12.0 Å². The molecule has 0 aliphatic rings. The van der Waals surface area contributed by atoms with Gasteiger partial charge in [0.05, 0.1) is 11.9 Å². The smallest absolute Gasteiger partial charge is 0.226 e. The van der Waals surface area contributed by atoms with Crippen LogP contribution < -0.4 is 16.4 Å². The van der Waals surface area contributed by atoms with Crippen LogP contribution >= 0.6 is 0 Å². The molecule has 0 fully saturated rings. The average molecular weight is 271 g/mol. The Bertz CT molecular complexity index is 541. The minimum absolute atomic E-state index is 0.127. The van der Waals surface area contributed by atoms with Crippen molar-refractivity contribution in [3.05, 3.63) is 48.4 Å². The Morgan fingerprint density at radius 3 is 2.65 bits per heavy atom. The maximum Gasteiger partial charge on any atom is 0.226 e. The lowest BCUT2D eigenvalue weighted by Gasteiger charge is -2.07. The van der Waals surface area contributed by atoms with Crippen LogP contribution in [0, 0.1) is 0 Å². The zero-order chi connectivity index (χ0) is 14.2. The van der Waals surface area contributed by atoms with Crippen LogP contribution in [0.25, 0.3) is 0 Å². The molecular weight excluding hydrogens is 254 g/mol. The number of carbonyl (C=O) groups excluding carboxylic acids is 1. The van der Waals surface area contributed by atoms with Crippen molar-refractivity contribution in [1.29, 1.82) is 0 Å². The van der Waals surface area contributed by atoms with E-state index < -0.39 is 0 Å². The summed E-state index contributed by atoms with van der Waals surface area (Å²) < 4.78 is 0. The zero-order valence-electron chi connectivity index (χ0n) is 11.0. The molecule has 2 aromatic rings. The lowest BCUT2D eigenvalue weighted by Crippen LogP contribution is -2.16. The van der Waals surface area contributed by atoms with E-state index in [1.807, 2.05) is 18.2 Å². The summed E-state index contributed by atoms with van der Waals surface area (Å²) in [5.41, 5.74) is 7.33. The lowest BCUT2D eigenvalue weighted by molar-refractivity contribution is -0.116. The maximum absolute atomic E-state index is 11.4. The highest BCUT2D eigenvalue weighted by Gasteiger charge is 2.01. The third-order valence-electron chi connectivity index (χ3n) is 2.65. The molecule has 0 saturated carbocycles. The van der Waals surface area contributed by atoms with E-state index in [4.69, 9.17) is 5.73 Å². The number of nitrogens with two attached hydrogens (primary N) is 1. The van der Waals surface area contributed by atoms with Crippen molar-refractivity contribution in [2.75, 3.05) is 17.2 Å². The molecule has 2 heterocycles. The van der Waals surface area contributed by atoms with Gasteiger partial charge >= 0.3 is 0 Å². The van der Waals surface area contributed by atoms with Gasteiger partial charge in [-0.25, -0.2) is 4.98 Å². The van der Waals surface area contributed by atoms with E-state index >= 15 is 0 Å². The van der Waals surface area contributed by atoms with Gasteiger partial charge in [0.2, 0.25) is 5.91 Å². The van der Waals surface area contributed by atoms with Crippen LogP contribution in [0.3, 0.4) is 0 Å². The molecule has 0 saturated heterocycles. The molecule has 1 amide bonds. The normalized spacial score (nSPS) is 10.1. The van der Waals surface area contributed by atoms with E-state index in [1.54, 1.807) is 24.7 Å². The fraction of sp³-hybridized carbons (Fsp3) is 0.214. The Labute approximate surface area is 117 Å². The van der Waals surface area contributed by atoms with Crippen LogP contribution in [0.2, 0.25) is 0 Å². The van der Waals surface area contributed by atoms with Gasteiger partial charge in [-0.05, 0) is 29.8 Å². The summed E-state index contributed by atoms with van der Waals surface area (Å²) in [4.78, 5) is 19.5. The molecular formula is C14H17N5O. The molecule has 0 aliphatic heterocycles. The summed E-state index contributed by atoms with van der Waals surface area (Å²) in [7, 11) is 0. The first kappa shape index (κ1) is 14.0. The Kier molecular flexibility index (Phi) is 5.02. The quantitative estimate of drug-likeness (QED) is 0.738. The molecule has 0 bridgehead atoms. The second kappa shape index (κ2) is 7.20. The SMILES string of the molecule is NCCC(=O)Nc1ccc(NCc2ccncc2)cn1. The molecule has 104 valence electrons. The van der Waals surface area contributed by atoms with E-state index in [1.165, 1.54) is 0 Å². The molecule has 0 atom stereocenters. The van der Waals surface area contributed by atoms with Gasteiger partial charge in [0.25, 0.3) is 0 Å². The number of hydrogen-bond donors (Lipinski definition) is 3. The molecule has 4 N–H and O–H groups in total. The van der Waals surface area contributed by atoms with Crippen molar-refractivity contribution >= 4 is 17.4 Å². The number of aromatic nitrogens is 2. The van der Waals surface area contributed by atoms with Gasteiger partial charge in [0.15, 0.2) is 0 Å².